The van der Waals surface area contributed by atoms with Gasteiger partial charge in [0.15, 0.2) is 16.8 Å². The monoisotopic (exact) mass is 454 g/mol. The average Bonchev–Trinajstić information content (AvgIpc) is 3.25. The summed E-state index contributed by atoms with van der Waals surface area (Å²) >= 11 is 1.10. The van der Waals surface area contributed by atoms with E-state index in [1.165, 1.54) is 6.07 Å². The number of benzene rings is 3. The smallest absolute Gasteiger partial charge is 0.335 e. The molecular weight excluding hydrogens is 434 g/mol. The first-order valence-corrected chi connectivity index (χ1v) is 10.7. The molecule has 0 bridgehead atoms. The second kappa shape index (κ2) is 9.32. The average molecular weight is 454 g/mol. The van der Waals surface area contributed by atoms with Gasteiger partial charge in [-0.25, -0.2) is 18.6 Å². The Balaban J connectivity index is 1.62. The molecule has 0 unspecified atom stereocenters. The van der Waals surface area contributed by atoms with Gasteiger partial charge in [0.05, 0.1) is 22.9 Å². The molecule has 0 amide bonds. The Morgan fingerprint density at radius 1 is 1.03 bits per heavy atom. The van der Waals surface area contributed by atoms with E-state index in [0.717, 1.165) is 34.3 Å². The van der Waals surface area contributed by atoms with Gasteiger partial charge in [-0.1, -0.05) is 35.6 Å². The number of hydrogen-bond donors (Lipinski definition) is 1. The zero-order chi connectivity index (χ0) is 22.7. The number of methoxy groups -OCH3 is 1. The van der Waals surface area contributed by atoms with Crippen molar-refractivity contribution in [2.75, 3.05) is 18.6 Å². The lowest BCUT2D eigenvalue weighted by molar-refractivity contribution is 0.0697. The van der Waals surface area contributed by atoms with E-state index in [1.807, 2.05) is 29.2 Å². The first-order valence-electron chi connectivity index (χ1n) is 9.89. The molecule has 3 aromatic carbocycles. The molecule has 0 fully saturated rings. The van der Waals surface area contributed by atoms with Crippen LogP contribution in [0.1, 0.15) is 21.5 Å². The van der Waals surface area contributed by atoms with Gasteiger partial charge in [0.25, 0.3) is 0 Å². The van der Waals surface area contributed by atoms with Crippen molar-refractivity contribution in [2.45, 2.75) is 13.0 Å². The molecule has 5 nitrogen and oxygen atoms in total. The number of nitrogens with zero attached hydrogens (tertiary/aromatic N) is 2. The van der Waals surface area contributed by atoms with Crippen LogP contribution in [0.25, 0.3) is 10.2 Å². The van der Waals surface area contributed by atoms with Crippen molar-refractivity contribution >= 4 is 32.7 Å². The molecule has 4 rings (SSSR count). The molecule has 1 aromatic heterocycles. The van der Waals surface area contributed by atoms with Crippen LogP contribution in [-0.4, -0.2) is 29.7 Å². The number of fused-ring (bicyclic) bond motifs is 1. The Kier molecular flexibility index (Phi) is 6.32. The molecule has 1 heterocycles. The van der Waals surface area contributed by atoms with Crippen LogP contribution in [0, 0.1) is 11.6 Å². The standard InChI is InChI=1S/C24H20F2N2O3S/c1-31-18-8-4-15(5-9-18)12-13-28(14-16-2-6-17(7-3-16)23(29)30)24-27-20-11-10-19(25)21(26)22(20)32-24/h2-11H,12-14H2,1H3,(H,29,30). The second-order valence-electron chi connectivity index (χ2n) is 7.23. The van der Waals surface area contributed by atoms with Crippen LogP contribution in [0.5, 0.6) is 5.75 Å². The Labute approximate surface area is 187 Å². The third-order valence-electron chi connectivity index (χ3n) is 5.11. The number of aromatic nitrogens is 1. The van der Waals surface area contributed by atoms with Crippen molar-refractivity contribution in [3.63, 3.8) is 0 Å². The quantitative estimate of drug-likeness (QED) is 0.379. The lowest BCUT2D eigenvalue weighted by Crippen LogP contribution is -2.25. The maximum absolute atomic E-state index is 14.3. The predicted molar refractivity (Wildman–Crippen MR) is 121 cm³/mol. The van der Waals surface area contributed by atoms with E-state index < -0.39 is 17.6 Å². The molecular formula is C24H20F2N2O3S. The summed E-state index contributed by atoms with van der Waals surface area (Å²) in [5.41, 5.74) is 2.58. The minimum absolute atomic E-state index is 0.177. The van der Waals surface area contributed by atoms with E-state index >= 15 is 0 Å². The van der Waals surface area contributed by atoms with Crippen molar-refractivity contribution in [3.05, 3.63) is 89.0 Å². The number of anilines is 1. The molecule has 4 aromatic rings. The summed E-state index contributed by atoms with van der Waals surface area (Å²) in [5.74, 6) is -2.02. The van der Waals surface area contributed by atoms with Crippen molar-refractivity contribution in [1.29, 1.82) is 0 Å². The van der Waals surface area contributed by atoms with E-state index in [9.17, 15) is 13.6 Å². The van der Waals surface area contributed by atoms with Gasteiger partial charge in [0.2, 0.25) is 0 Å². The maximum Gasteiger partial charge on any atom is 0.335 e. The highest BCUT2D eigenvalue weighted by Gasteiger charge is 2.17. The van der Waals surface area contributed by atoms with E-state index in [4.69, 9.17) is 9.84 Å². The van der Waals surface area contributed by atoms with Crippen LogP contribution in [0.4, 0.5) is 13.9 Å². The molecule has 32 heavy (non-hydrogen) atoms. The van der Waals surface area contributed by atoms with Crippen molar-refractivity contribution in [3.8, 4) is 5.75 Å². The first kappa shape index (κ1) is 21.7. The van der Waals surface area contributed by atoms with Gasteiger partial charge in [-0.2, -0.15) is 0 Å². The zero-order valence-electron chi connectivity index (χ0n) is 17.2. The molecule has 0 aliphatic heterocycles. The highest BCUT2D eigenvalue weighted by molar-refractivity contribution is 7.22. The van der Waals surface area contributed by atoms with Crippen LogP contribution in [0.15, 0.2) is 60.7 Å². The number of ether oxygens (including phenoxy) is 1. The number of carboxylic acid groups (broad SMARTS) is 1. The SMILES string of the molecule is COc1ccc(CCN(Cc2ccc(C(=O)O)cc2)c2nc3ccc(F)c(F)c3s2)cc1. The molecule has 0 radical (unpaired) electrons. The Bertz CT molecular complexity index is 1240. The third kappa shape index (κ3) is 4.70. The highest BCUT2D eigenvalue weighted by Crippen LogP contribution is 2.32. The van der Waals surface area contributed by atoms with Gasteiger partial charge in [-0.15, -0.1) is 0 Å². The van der Waals surface area contributed by atoms with Gasteiger partial charge >= 0.3 is 5.97 Å². The van der Waals surface area contributed by atoms with E-state index in [2.05, 4.69) is 4.98 Å². The summed E-state index contributed by atoms with van der Waals surface area (Å²) in [6, 6.07) is 16.9. The number of carboxylic acids is 1. The number of thiazole rings is 1. The van der Waals surface area contributed by atoms with Gasteiger partial charge < -0.3 is 14.7 Å². The molecule has 0 aliphatic rings. The van der Waals surface area contributed by atoms with Crippen LogP contribution in [0.2, 0.25) is 0 Å². The largest absolute Gasteiger partial charge is 0.497 e. The molecule has 8 heteroatoms. The van der Waals surface area contributed by atoms with Crippen molar-refractivity contribution in [1.82, 2.24) is 4.98 Å². The number of hydrogen-bond acceptors (Lipinski definition) is 5. The van der Waals surface area contributed by atoms with Crippen LogP contribution in [0.3, 0.4) is 0 Å². The molecule has 0 saturated carbocycles. The van der Waals surface area contributed by atoms with Gasteiger partial charge in [0, 0.05) is 13.1 Å². The summed E-state index contributed by atoms with van der Waals surface area (Å²) < 4.78 is 33.3. The summed E-state index contributed by atoms with van der Waals surface area (Å²) in [5, 5.41) is 9.69. The fourth-order valence-corrected chi connectivity index (χ4v) is 4.35. The van der Waals surface area contributed by atoms with Gasteiger partial charge in [0.1, 0.15) is 5.75 Å². The topological polar surface area (TPSA) is 62.7 Å². The number of aromatic carboxylic acids is 1. The van der Waals surface area contributed by atoms with Gasteiger partial charge in [-0.05, 0) is 53.9 Å². The van der Waals surface area contributed by atoms with E-state index in [-0.39, 0.29) is 10.3 Å². The van der Waals surface area contributed by atoms with Crippen LogP contribution >= 0.6 is 11.3 Å². The second-order valence-corrected chi connectivity index (χ2v) is 8.21. The molecule has 1 N–H and O–H groups in total. The number of carbonyl (C=O) groups is 1. The van der Waals surface area contributed by atoms with Crippen LogP contribution in [-0.2, 0) is 13.0 Å². The van der Waals surface area contributed by atoms with Crippen molar-refractivity contribution in [2.24, 2.45) is 0 Å². The minimum atomic E-state index is -0.989. The Morgan fingerprint density at radius 2 is 1.72 bits per heavy atom. The normalized spacial score (nSPS) is 11.0. The fraction of sp³-hybridized carbons (Fsp3) is 0.167. The maximum atomic E-state index is 14.3. The van der Waals surface area contributed by atoms with Crippen LogP contribution < -0.4 is 9.64 Å². The van der Waals surface area contributed by atoms with Crippen molar-refractivity contribution < 1.29 is 23.4 Å². The zero-order valence-corrected chi connectivity index (χ0v) is 18.0. The lowest BCUT2D eigenvalue weighted by atomic mass is 10.1. The summed E-state index contributed by atoms with van der Waals surface area (Å²) in [6.07, 6.45) is 0.698. The number of rotatable bonds is 8. The summed E-state index contributed by atoms with van der Waals surface area (Å²) in [6.45, 7) is 1.02. The molecule has 0 saturated heterocycles. The molecule has 0 aliphatic carbocycles. The fourth-order valence-electron chi connectivity index (χ4n) is 3.33. The molecule has 164 valence electrons. The predicted octanol–water partition coefficient (Wildman–Crippen LogP) is 5.53. The Morgan fingerprint density at radius 3 is 2.38 bits per heavy atom. The molecule has 0 atom stereocenters. The highest BCUT2D eigenvalue weighted by atomic mass is 32.1. The number of halogens is 2. The third-order valence-corrected chi connectivity index (χ3v) is 6.24. The lowest BCUT2D eigenvalue weighted by Gasteiger charge is -2.22. The first-order chi connectivity index (χ1) is 15.4. The minimum Gasteiger partial charge on any atom is -0.497 e. The van der Waals surface area contributed by atoms with Gasteiger partial charge in [-0.3, -0.25) is 0 Å². The summed E-state index contributed by atoms with van der Waals surface area (Å²) in [7, 11) is 1.61. The summed E-state index contributed by atoms with van der Waals surface area (Å²) in [4.78, 5) is 17.6. The molecule has 0 spiro atoms. The van der Waals surface area contributed by atoms with E-state index in [1.54, 1.807) is 31.4 Å². The van der Waals surface area contributed by atoms with E-state index in [0.29, 0.717) is 30.2 Å². The Hall–Kier alpha value is -3.52.